The van der Waals surface area contributed by atoms with Crippen molar-refractivity contribution in [3.63, 3.8) is 0 Å². The van der Waals surface area contributed by atoms with Gasteiger partial charge < -0.3 is 14.3 Å². The third-order valence-electron chi connectivity index (χ3n) is 6.40. The minimum Gasteiger partial charge on any atom is -0.503 e. The average molecular weight is 560 g/mol. The van der Waals surface area contributed by atoms with Gasteiger partial charge in [0.1, 0.15) is 5.58 Å². The Morgan fingerprint density at radius 3 is 2.51 bits per heavy atom. The maximum absolute atomic E-state index is 13.8. The molecule has 186 valence electrons. The fraction of sp³-hybridized carbons (Fsp3) is 0.138. The zero-order valence-electron chi connectivity index (χ0n) is 20.0. The monoisotopic (exact) mass is 559 g/mol. The van der Waals surface area contributed by atoms with Crippen LogP contribution < -0.4 is 4.90 Å². The van der Waals surface area contributed by atoms with Gasteiger partial charge >= 0.3 is 5.97 Å². The SMILES string of the molecule is CCc1ccc(C2C(C(=O)c3cc4cc(Br)ccc4o3)=C(O)C(=O)N2c2cccc(C(=O)OC)c2)cc1. The van der Waals surface area contributed by atoms with E-state index in [1.54, 1.807) is 36.4 Å². The van der Waals surface area contributed by atoms with Gasteiger partial charge in [0.2, 0.25) is 5.78 Å². The third-order valence-corrected chi connectivity index (χ3v) is 6.90. The molecule has 1 aliphatic rings. The van der Waals surface area contributed by atoms with E-state index in [0.29, 0.717) is 22.2 Å². The molecule has 0 aliphatic carbocycles. The molecule has 4 aromatic rings. The highest BCUT2D eigenvalue weighted by Gasteiger charge is 2.45. The van der Waals surface area contributed by atoms with E-state index < -0.39 is 29.5 Å². The quantitative estimate of drug-likeness (QED) is 0.219. The van der Waals surface area contributed by atoms with E-state index in [-0.39, 0.29) is 16.9 Å². The maximum atomic E-state index is 13.8. The van der Waals surface area contributed by atoms with E-state index in [1.165, 1.54) is 18.1 Å². The molecule has 0 spiro atoms. The summed E-state index contributed by atoms with van der Waals surface area (Å²) in [6, 6.07) is 19.8. The second-order valence-electron chi connectivity index (χ2n) is 8.60. The molecule has 37 heavy (non-hydrogen) atoms. The minimum absolute atomic E-state index is 0.00258. The zero-order valence-corrected chi connectivity index (χ0v) is 21.6. The lowest BCUT2D eigenvalue weighted by Gasteiger charge is -2.27. The number of benzene rings is 3. The molecule has 2 heterocycles. The fourth-order valence-corrected chi connectivity index (χ4v) is 4.89. The number of aryl methyl sites for hydroxylation is 1. The van der Waals surface area contributed by atoms with Crippen molar-refractivity contribution in [3.8, 4) is 0 Å². The topological polar surface area (TPSA) is 97.0 Å². The lowest BCUT2D eigenvalue weighted by Crippen LogP contribution is -2.31. The molecule has 1 amide bonds. The number of ether oxygens (including phenoxy) is 1. The normalized spacial score (nSPS) is 15.5. The van der Waals surface area contributed by atoms with Crippen molar-refractivity contribution in [2.45, 2.75) is 19.4 Å². The van der Waals surface area contributed by atoms with Crippen LogP contribution in [0.5, 0.6) is 0 Å². The summed E-state index contributed by atoms with van der Waals surface area (Å²) in [6.07, 6.45) is 0.816. The van der Waals surface area contributed by atoms with Crippen molar-refractivity contribution in [2.75, 3.05) is 12.0 Å². The molecule has 5 rings (SSSR count). The van der Waals surface area contributed by atoms with E-state index >= 15 is 0 Å². The first-order valence-electron chi connectivity index (χ1n) is 11.6. The number of halogens is 1. The number of nitrogens with zero attached hydrogens (tertiary/aromatic N) is 1. The first kappa shape index (κ1) is 24.5. The number of carbonyl (C=O) groups is 3. The molecule has 0 saturated carbocycles. The van der Waals surface area contributed by atoms with Gasteiger partial charge in [-0.3, -0.25) is 14.5 Å². The van der Waals surface area contributed by atoms with E-state index in [9.17, 15) is 19.5 Å². The number of fused-ring (bicyclic) bond motifs is 1. The van der Waals surface area contributed by atoms with Crippen LogP contribution in [0.4, 0.5) is 5.69 Å². The van der Waals surface area contributed by atoms with Gasteiger partial charge in [0, 0.05) is 15.5 Å². The number of amides is 1. The van der Waals surface area contributed by atoms with Gasteiger partial charge in [0.25, 0.3) is 5.91 Å². The summed E-state index contributed by atoms with van der Waals surface area (Å²) in [5.74, 6) is -2.59. The predicted octanol–water partition coefficient (Wildman–Crippen LogP) is 6.33. The van der Waals surface area contributed by atoms with Crippen LogP contribution in [0, 0.1) is 0 Å². The Bertz CT molecular complexity index is 1580. The average Bonchev–Trinajstić information content (AvgIpc) is 3.46. The second-order valence-corrected chi connectivity index (χ2v) is 9.51. The molecule has 1 N–H and O–H groups in total. The number of anilines is 1. The van der Waals surface area contributed by atoms with Crippen LogP contribution in [0.25, 0.3) is 11.0 Å². The van der Waals surface area contributed by atoms with Crippen LogP contribution in [-0.2, 0) is 16.0 Å². The number of carbonyl (C=O) groups excluding carboxylic acids is 3. The van der Waals surface area contributed by atoms with E-state index in [0.717, 1.165) is 16.5 Å². The second kappa shape index (κ2) is 9.71. The predicted molar refractivity (Wildman–Crippen MR) is 142 cm³/mol. The van der Waals surface area contributed by atoms with Crippen LogP contribution in [0.3, 0.4) is 0 Å². The van der Waals surface area contributed by atoms with Gasteiger partial charge in [-0.05, 0) is 60.0 Å². The van der Waals surface area contributed by atoms with E-state index in [4.69, 9.17) is 9.15 Å². The Kier molecular flexibility index (Phi) is 6.43. The number of aliphatic hydroxyl groups excluding tert-OH is 1. The van der Waals surface area contributed by atoms with Crippen molar-refractivity contribution in [1.29, 1.82) is 0 Å². The summed E-state index contributed by atoms with van der Waals surface area (Å²) in [4.78, 5) is 40.7. The molecule has 1 unspecified atom stereocenters. The van der Waals surface area contributed by atoms with Crippen molar-refractivity contribution >= 4 is 50.2 Å². The molecule has 8 heteroatoms. The number of methoxy groups -OCH3 is 1. The number of rotatable bonds is 6. The van der Waals surface area contributed by atoms with Crippen molar-refractivity contribution in [2.24, 2.45) is 0 Å². The zero-order chi connectivity index (χ0) is 26.3. The molecule has 0 fully saturated rings. The highest BCUT2D eigenvalue weighted by molar-refractivity contribution is 9.10. The van der Waals surface area contributed by atoms with Crippen LogP contribution >= 0.6 is 15.9 Å². The Labute approximate surface area is 221 Å². The lowest BCUT2D eigenvalue weighted by molar-refractivity contribution is -0.117. The minimum atomic E-state index is -0.946. The van der Waals surface area contributed by atoms with Gasteiger partial charge in [0.05, 0.1) is 24.3 Å². The summed E-state index contributed by atoms with van der Waals surface area (Å²) >= 11 is 3.41. The molecule has 1 aromatic heterocycles. The Morgan fingerprint density at radius 2 is 1.81 bits per heavy atom. The van der Waals surface area contributed by atoms with Crippen molar-refractivity contribution in [1.82, 2.24) is 0 Å². The molecule has 7 nitrogen and oxygen atoms in total. The van der Waals surface area contributed by atoms with Gasteiger partial charge in [0.15, 0.2) is 11.5 Å². The van der Waals surface area contributed by atoms with Crippen molar-refractivity contribution in [3.05, 3.63) is 111 Å². The molecule has 3 aromatic carbocycles. The summed E-state index contributed by atoms with van der Waals surface area (Å²) in [7, 11) is 1.27. The first-order chi connectivity index (χ1) is 17.8. The first-order valence-corrected chi connectivity index (χ1v) is 12.4. The number of hydrogen-bond donors (Lipinski definition) is 1. The summed E-state index contributed by atoms with van der Waals surface area (Å²) in [5, 5.41) is 11.7. The van der Waals surface area contributed by atoms with Gasteiger partial charge in [-0.2, -0.15) is 0 Å². The number of aliphatic hydroxyl groups is 1. The van der Waals surface area contributed by atoms with Gasteiger partial charge in [-0.1, -0.05) is 53.2 Å². The Hall–Kier alpha value is -4.17. The highest BCUT2D eigenvalue weighted by atomic mass is 79.9. The van der Waals surface area contributed by atoms with E-state index in [1.807, 2.05) is 37.3 Å². The number of Topliss-reactive ketones (excluding diaryl/α,β-unsaturated/α-hetero) is 1. The van der Waals surface area contributed by atoms with Crippen LogP contribution in [0.1, 0.15) is 45.0 Å². The number of hydrogen-bond acceptors (Lipinski definition) is 6. The molecular weight excluding hydrogens is 538 g/mol. The van der Waals surface area contributed by atoms with E-state index in [2.05, 4.69) is 15.9 Å². The molecule has 0 bridgehead atoms. The van der Waals surface area contributed by atoms with Crippen molar-refractivity contribution < 1.29 is 28.6 Å². The largest absolute Gasteiger partial charge is 0.503 e. The van der Waals surface area contributed by atoms with Crippen LogP contribution in [0.15, 0.2) is 93.0 Å². The molecule has 1 atom stereocenters. The standard InChI is InChI=1S/C29H22BrNO6/c1-3-16-7-9-17(10-8-16)25-24(26(32)23-15-19-13-20(30)11-12-22(19)37-23)27(33)28(34)31(25)21-6-4-5-18(14-21)29(35)36-2/h4-15,25,33H,3H2,1-2H3. The summed E-state index contributed by atoms with van der Waals surface area (Å²) in [6.45, 7) is 2.03. The molecular formula is C29H22BrNO6. The van der Waals surface area contributed by atoms with Gasteiger partial charge in [-0.15, -0.1) is 0 Å². The molecule has 0 radical (unpaired) electrons. The van der Waals surface area contributed by atoms with Crippen LogP contribution in [0.2, 0.25) is 0 Å². The van der Waals surface area contributed by atoms with Gasteiger partial charge in [-0.25, -0.2) is 4.79 Å². The highest BCUT2D eigenvalue weighted by Crippen LogP contribution is 2.42. The van der Waals surface area contributed by atoms with Crippen LogP contribution in [-0.4, -0.2) is 29.9 Å². The smallest absolute Gasteiger partial charge is 0.337 e. The number of furan rings is 1. The maximum Gasteiger partial charge on any atom is 0.337 e. The summed E-state index contributed by atoms with van der Waals surface area (Å²) < 4.78 is 11.4. The fourth-order valence-electron chi connectivity index (χ4n) is 4.51. The Balaban J connectivity index is 1.65. The third kappa shape index (κ3) is 4.34. The lowest BCUT2D eigenvalue weighted by atomic mass is 9.93. The number of esters is 1. The number of ketones is 1. The Morgan fingerprint density at radius 1 is 1.05 bits per heavy atom. The molecule has 1 aliphatic heterocycles. The molecule has 0 saturated heterocycles. The summed E-state index contributed by atoms with van der Waals surface area (Å²) in [5.41, 5.74) is 2.67.